The first-order valence-corrected chi connectivity index (χ1v) is 3.89. The van der Waals surface area contributed by atoms with Gasteiger partial charge in [0.05, 0.1) is 0 Å². The predicted molar refractivity (Wildman–Crippen MR) is 43.1 cm³/mol. The van der Waals surface area contributed by atoms with Crippen LogP contribution in [0.3, 0.4) is 0 Å². The molecule has 0 rings (SSSR count). The Bertz CT molecular complexity index is 155. The van der Waals surface area contributed by atoms with E-state index in [2.05, 4.69) is 21.6 Å². The molecule has 12 heavy (non-hydrogen) atoms. The fourth-order valence-electron chi connectivity index (χ4n) is 0.602. The van der Waals surface area contributed by atoms with Crippen molar-refractivity contribution < 1.29 is 20.3 Å². The molecule has 4 nitrogen and oxygen atoms in total. The van der Waals surface area contributed by atoms with Gasteiger partial charge in [-0.2, -0.15) is 9.78 Å². The zero-order valence-electron chi connectivity index (χ0n) is 7.33. The molecule has 0 aliphatic rings. The molecule has 0 aromatic heterocycles. The van der Waals surface area contributed by atoms with Gasteiger partial charge in [0.25, 0.3) is 5.79 Å². The highest BCUT2D eigenvalue weighted by atomic mass is 17.2. The lowest BCUT2D eigenvalue weighted by molar-refractivity contribution is -0.465. The zero-order chi connectivity index (χ0) is 9.45. The molecule has 0 aromatic rings. The Balaban J connectivity index is 4.22. The van der Waals surface area contributed by atoms with Crippen LogP contribution < -0.4 is 0 Å². The molecule has 0 aromatic carbocycles. The van der Waals surface area contributed by atoms with Crippen LogP contribution in [0.1, 0.15) is 33.1 Å². The Morgan fingerprint density at radius 1 is 1.25 bits per heavy atom. The predicted octanol–water partition coefficient (Wildman–Crippen LogP) is 1.88. The van der Waals surface area contributed by atoms with Crippen LogP contribution in [0.5, 0.6) is 0 Å². The summed E-state index contributed by atoms with van der Waals surface area (Å²) in [5.74, 6) is 3.62. The summed E-state index contributed by atoms with van der Waals surface area (Å²) in [6.07, 6.45) is 1.83. The van der Waals surface area contributed by atoms with Crippen molar-refractivity contribution in [1.82, 2.24) is 0 Å². The first kappa shape index (κ1) is 11.4. The lowest BCUT2D eigenvalue weighted by Gasteiger charge is -2.17. The number of unbranched alkanes of at least 4 members (excludes halogenated alkanes) is 1. The van der Waals surface area contributed by atoms with Gasteiger partial charge in [-0.3, -0.25) is 0 Å². The number of hydrogen-bond acceptors (Lipinski definition) is 4. The highest BCUT2D eigenvalue weighted by Gasteiger charge is 2.28. The molecule has 0 aliphatic heterocycles. The molecule has 2 N–H and O–H groups in total. The molecule has 0 bridgehead atoms. The van der Waals surface area contributed by atoms with Gasteiger partial charge in [-0.05, 0) is 12.3 Å². The van der Waals surface area contributed by atoms with E-state index >= 15 is 0 Å². The quantitative estimate of drug-likeness (QED) is 0.295. The van der Waals surface area contributed by atoms with Gasteiger partial charge in [0.2, 0.25) is 0 Å². The summed E-state index contributed by atoms with van der Waals surface area (Å²) in [5.41, 5.74) is 0. The van der Waals surface area contributed by atoms with Gasteiger partial charge >= 0.3 is 0 Å². The Morgan fingerprint density at radius 2 is 1.83 bits per heavy atom. The third kappa shape index (κ3) is 3.20. The van der Waals surface area contributed by atoms with Crippen LogP contribution >= 0.6 is 0 Å². The van der Waals surface area contributed by atoms with Gasteiger partial charge in [-0.15, -0.1) is 0 Å². The molecular formula is C8H14O4. The van der Waals surface area contributed by atoms with Crippen molar-refractivity contribution in [2.45, 2.75) is 38.9 Å². The van der Waals surface area contributed by atoms with Crippen LogP contribution in [0.4, 0.5) is 0 Å². The van der Waals surface area contributed by atoms with E-state index in [9.17, 15) is 0 Å². The first-order chi connectivity index (χ1) is 5.74. The second-order valence-corrected chi connectivity index (χ2v) is 2.34. The van der Waals surface area contributed by atoms with E-state index in [1.165, 1.54) is 0 Å². The smallest absolute Gasteiger partial charge is 0.248 e. The molecule has 0 fully saturated rings. The Kier molecular flexibility index (Phi) is 5.68. The fraction of sp³-hybridized carbons (Fsp3) is 0.750. The van der Waals surface area contributed by atoms with Gasteiger partial charge in [0, 0.05) is 12.8 Å². The van der Waals surface area contributed by atoms with E-state index in [1.54, 1.807) is 6.92 Å². The third-order valence-corrected chi connectivity index (χ3v) is 1.41. The maximum Gasteiger partial charge on any atom is 0.292 e. The van der Waals surface area contributed by atoms with Gasteiger partial charge < -0.3 is 0 Å². The molecule has 0 atom stereocenters. The summed E-state index contributed by atoms with van der Waals surface area (Å²) in [6.45, 7) is 3.65. The maximum atomic E-state index is 8.39. The van der Waals surface area contributed by atoms with Gasteiger partial charge in [-0.1, -0.05) is 19.8 Å². The van der Waals surface area contributed by atoms with Crippen LogP contribution in [-0.2, 0) is 9.78 Å². The SMILES string of the molecule is CCCC#CC(CC)(OO)OO. The summed E-state index contributed by atoms with van der Waals surface area (Å²) >= 11 is 0. The fourth-order valence-corrected chi connectivity index (χ4v) is 0.602. The average Bonchev–Trinajstić information content (AvgIpc) is 2.14. The van der Waals surface area contributed by atoms with Crippen molar-refractivity contribution >= 4 is 0 Å². The standard InChI is InChI=1S/C8H14O4/c1-3-5-6-7-8(4-2,11-9)12-10/h9-10H,3-5H2,1-2H3. The second kappa shape index (κ2) is 5.98. The highest BCUT2D eigenvalue weighted by molar-refractivity contribution is 5.09. The van der Waals surface area contributed by atoms with Crippen molar-refractivity contribution in [3.63, 3.8) is 0 Å². The van der Waals surface area contributed by atoms with E-state index in [0.29, 0.717) is 6.42 Å². The number of hydrogen-bond donors (Lipinski definition) is 2. The lowest BCUT2D eigenvalue weighted by atomic mass is 10.2. The molecule has 0 unspecified atom stereocenters. The van der Waals surface area contributed by atoms with Gasteiger partial charge in [-0.25, -0.2) is 10.5 Å². The van der Waals surface area contributed by atoms with E-state index < -0.39 is 5.79 Å². The molecule has 0 saturated carbocycles. The van der Waals surface area contributed by atoms with Crippen LogP contribution in [0.25, 0.3) is 0 Å². The van der Waals surface area contributed by atoms with Crippen LogP contribution in [0.15, 0.2) is 0 Å². The normalized spacial score (nSPS) is 10.7. The molecule has 4 heteroatoms. The average molecular weight is 174 g/mol. The Morgan fingerprint density at radius 3 is 2.17 bits per heavy atom. The maximum absolute atomic E-state index is 8.39. The minimum absolute atomic E-state index is 0.247. The second-order valence-electron chi connectivity index (χ2n) is 2.34. The monoisotopic (exact) mass is 174 g/mol. The van der Waals surface area contributed by atoms with Crippen molar-refractivity contribution in [2.24, 2.45) is 0 Å². The zero-order valence-corrected chi connectivity index (χ0v) is 7.33. The van der Waals surface area contributed by atoms with Crippen molar-refractivity contribution in [2.75, 3.05) is 0 Å². The minimum Gasteiger partial charge on any atom is -0.248 e. The molecule has 0 aliphatic carbocycles. The van der Waals surface area contributed by atoms with Crippen molar-refractivity contribution in [3.05, 3.63) is 0 Å². The molecule has 0 amide bonds. The summed E-state index contributed by atoms with van der Waals surface area (Å²) in [4.78, 5) is 7.87. The van der Waals surface area contributed by atoms with Gasteiger partial charge in [0.1, 0.15) is 0 Å². The van der Waals surface area contributed by atoms with Crippen molar-refractivity contribution in [3.8, 4) is 11.8 Å². The van der Waals surface area contributed by atoms with Crippen LogP contribution in [0, 0.1) is 11.8 Å². The first-order valence-electron chi connectivity index (χ1n) is 3.89. The van der Waals surface area contributed by atoms with E-state index in [1.807, 2.05) is 6.92 Å². The molecule has 70 valence electrons. The summed E-state index contributed by atoms with van der Waals surface area (Å²) in [7, 11) is 0. The molecule has 0 spiro atoms. The lowest BCUT2D eigenvalue weighted by Crippen LogP contribution is -2.31. The summed E-state index contributed by atoms with van der Waals surface area (Å²) in [5, 5.41) is 16.8. The van der Waals surface area contributed by atoms with E-state index in [-0.39, 0.29) is 6.42 Å². The molecule has 0 heterocycles. The Labute approximate surface area is 72.0 Å². The molecular weight excluding hydrogens is 160 g/mol. The van der Waals surface area contributed by atoms with Crippen LogP contribution in [0.2, 0.25) is 0 Å². The summed E-state index contributed by atoms with van der Waals surface area (Å²) < 4.78 is 0. The topological polar surface area (TPSA) is 58.9 Å². The van der Waals surface area contributed by atoms with Crippen LogP contribution in [-0.4, -0.2) is 16.3 Å². The van der Waals surface area contributed by atoms with E-state index in [0.717, 1.165) is 6.42 Å². The van der Waals surface area contributed by atoms with E-state index in [4.69, 9.17) is 10.5 Å². The number of rotatable bonds is 4. The molecule has 0 radical (unpaired) electrons. The molecule has 0 saturated heterocycles. The third-order valence-electron chi connectivity index (χ3n) is 1.41. The van der Waals surface area contributed by atoms with Gasteiger partial charge in [0.15, 0.2) is 0 Å². The Hall–Kier alpha value is -0.600. The highest BCUT2D eigenvalue weighted by Crippen LogP contribution is 2.13. The minimum atomic E-state index is -1.57. The largest absolute Gasteiger partial charge is 0.292 e. The summed E-state index contributed by atoms with van der Waals surface area (Å²) in [6, 6.07) is 0. The van der Waals surface area contributed by atoms with Crippen molar-refractivity contribution in [1.29, 1.82) is 0 Å².